The van der Waals surface area contributed by atoms with Gasteiger partial charge in [0.05, 0.1) is 13.2 Å². The number of nitrogens with one attached hydrogen (secondary N) is 1. The molecule has 0 aromatic carbocycles. The lowest BCUT2D eigenvalue weighted by Gasteiger charge is -2.30. The highest BCUT2D eigenvalue weighted by Gasteiger charge is 2.39. The number of hydrogen-bond donors (Lipinski definition) is 2. The summed E-state index contributed by atoms with van der Waals surface area (Å²) in [4.78, 5) is 1.95. The molecule has 1 aliphatic heterocycles. The van der Waals surface area contributed by atoms with E-state index < -0.39 is 12.0 Å². The van der Waals surface area contributed by atoms with Crippen LogP contribution in [0.1, 0.15) is 11.6 Å². The third kappa shape index (κ3) is 3.04. The van der Waals surface area contributed by atoms with Gasteiger partial charge in [-0.3, -0.25) is 4.90 Å². The number of likely N-dealkylation sites (N-methyl/N-ethyl adjacent to an activating group) is 1. The molecule has 1 aromatic rings. The van der Waals surface area contributed by atoms with Crippen molar-refractivity contribution in [3.63, 3.8) is 0 Å². The van der Waals surface area contributed by atoms with Crippen molar-refractivity contribution in [3.8, 4) is 0 Å². The van der Waals surface area contributed by atoms with Crippen LogP contribution in [0.5, 0.6) is 0 Å². The number of aromatic nitrogens is 3. The van der Waals surface area contributed by atoms with Crippen molar-refractivity contribution in [2.24, 2.45) is 0 Å². The molecule has 0 fully saturated rings. The smallest absolute Gasteiger partial charge is 0.395 e. The molecule has 108 valence electrons. The SMILES string of the molecule is CNC(CO)CN1CCn2c(nnc2C(F)(F)F)C1. The quantitative estimate of drug-likeness (QED) is 0.791. The molecule has 1 atom stereocenters. The lowest BCUT2D eigenvalue weighted by atomic mass is 10.2. The van der Waals surface area contributed by atoms with Gasteiger partial charge < -0.3 is 15.0 Å². The predicted octanol–water partition coefficient (Wildman–Crippen LogP) is -0.307. The molecular formula is C10H16F3N5O. The molecule has 9 heteroatoms. The van der Waals surface area contributed by atoms with Crippen molar-refractivity contribution in [2.45, 2.75) is 25.3 Å². The Labute approximate surface area is 108 Å². The second kappa shape index (κ2) is 5.43. The van der Waals surface area contributed by atoms with Crippen LogP contribution >= 0.6 is 0 Å². The minimum atomic E-state index is -4.47. The molecule has 0 saturated heterocycles. The van der Waals surface area contributed by atoms with Crippen LogP contribution in [-0.2, 0) is 19.3 Å². The van der Waals surface area contributed by atoms with Crippen molar-refractivity contribution in [1.29, 1.82) is 0 Å². The number of nitrogens with zero attached hydrogens (tertiary/aromatic N) is 4. The van der Waals surface area contributed by atoms with Crippen LogP contribution in [0.4, 0.5) is 13.2 Å². The fourth-order valence-electron chi connectivity index (χ4n) is 2.13. The van der Waals surface area contributed by atoms with Crippen LogP contribution in [0.3, 0.4) is 0 Å². The Bertz CT molecular complexity index is 429. The van der Waals surface area contributed by atoms with Crippen molar-refractivity contribution in [2.75, 3.05) is 26.7 Å². The second-order valence-corrected chi connectivity index (χ2v) is 4.49. The van der Waals surface area contributed by atoms with Gasteiger partial charge in [0, 0.05) is 25.7 Å². The maximum atomic E-state index is 12.6. The Balaban J connectivity index is 2.07. The minimum absolute atomic E-state index is 0.0203. The van der Waals surface area contributed by atoms with Crippen LogP contribution in [0.15, 0.2) is 0 Å². The summed E-state index contributed by atoms with van der Waals surface area (Å²) in [6.07, 6.45) is -4.47. The zero-order valence-corrected chi connectivity index (χ0v) is 10.5. The van der Waals surface area contributed by atoms with Crippen molar-refractivity contribution >= 4 is 0 Å². The molecule has 2 rings (SSSR count). The zero-order valence-electron chi connectivity index (χ0n) is 10.5. The predicted molar refractivity (Wildman–Crippen MR) is 60.2 cm³/mol. The highest BCUT2D eigenvalue weighted by molar-refractivity contribution is 5.02. The Kier molecular flexibility index (Phi) is 4.07. The Hall–Kier alpha value is -1.19. The van der Waals surface area contributed by atoms with Gasteiger partial charge in [-0.05, 0) is 7.05 Å². The van der Waals surface area contributed by atoms with Crippen LogP contribution in [0.25, 0.3) is 0 Å². The summed E-state index contributed by atoms with van der Waals surface area (Å²) >= 11 is 0. The largest absolute Gasteiger partial charge is 0.451 e. The monoisotopic (exact) mass is 279 g/mol. The molecule has 6 nitrogen and oxygen atoms in total. The van der Waals surface area contributed by atoms with Crippen molar-refractivity contribution in [3.05, 3.63) is 11.6 Å². The summed E-state index contributed by atoms with van der Waals surface area (Å²) in [5, 5.41) is 18.8. The van der Waals surface area contributed by atoms with E-state index >= 15 is 0 Å². The first-order chi connectivity index (χ1) is 8.95. The molecule has 0 amide bonds. The highest BCUT2D eigenvalue weighted by Crippen LogP contribution is 2.29. The molecule has 0 spiro atoms. The van der Waals surface area contributed by atoms with Crippen LogP contribution in [0.2, 0.25) is 0 Å². The second-order valence-electron chi connectivity index (χ2n) is 4.49. The summed E-state index contributed by atoms with van der Waals surface area (Å²) < 4.78 is 39.1. The lowest BCUT2D eigenvalue weighted by Crippen LogP contribution is -2.45. The van der Waals surface area contributed by atoms with E-state index in [-0.39, 0.29) is 19.2 Å². The van der Waals surface area contributed by atoms with Crippen molar-refractivity contribution < 1.29 is 18.3 Å². The van der Waals surface area contributed by atoms with Gasteiger partial charge in [0.2, 0.25) is 5.82 Å². The number of halogens is 3. The summed E-state index contributed by atoms with van der Waals surface area (Å²) in [5.74, 6) is -0.624. The van der Waals surface area contributed by atoms with E-state index in [1.165, 1.54) is 0 Å². The lowest BCUT2D eigenvalue weighted by molar-refractivity contribution is -0.148. The fraction of sp³-hybridized carbons (Fsp3) is 0.800. The van der Waals surface area contributed by atoms with Crippen molar-refractivity contribution in [1.82, 2.24) is 25.0 Å². The molecule has 1 aliphatic rings. The van der Waals surface area contributed by atoms with Crippen LogP contribution in [0, 0.1) is 0 Å². The molecule has 0 radical (unpaired) electrons. The molecule has 2 N–H and O–H groups in total. The van der Waals surface area contributed by atoms with Gasteiger partial charge in [0.1, 0.15) is 5.82 Å². The number of rotatable bonds is 4. The summed E-state index contributed by atoms with van der Waals surface area (Å²) in [7, 11) is 1.73. The number of hydrogen-bond acceptors (Lipinski definition) is 5. The molecular weight excluding hydrogens is 263 g/mol. The topological polar surface area (TPSA) is 66.2 Å². The molecule has 19 heavy (non-hydrogen) atoms. The van der Waals surface area contributed by atoms with E-state index in [0.717, 1.165) is 4.57 Å². The Morgan fingerprint density at radius 2 is 2.11 bits per heavy atom. The summed E-state index contributed by atoms with van der Waals surface area (Å²) in [6.45, 7) is 1.53. The number of fused-ring (bicyclic) bond motifs is 1. The maximum Gasteiger partial charge on any atom is 0.451 e. The van der Waals surface area contributed by atoms with Gasteiger partial charge in [0.15, 0.2) is 0 Å². The van der Waals surface area contributed by atoms with Gasteiger partial charge in [-0.1, -0.05) is 0 Å². The zero-order chi connectivity index (χ0) is 14.0. The first-order valence-electron chi connectivity index (χ1n) is 5.95. The first-order valence-corrected chi connectivity index (χ1v) is 5.95. The summed E-state index contributed by atoms with van der Waals surface area (Å²) in [5.41, 5.74) is 0. The minimum Gasteiger partial charge on any atom is -0.395 e. The van der Waals surface area contributed by atoms with Crippen LogP contribution < -0.4 is 5.32 Å². The van der Waals surface area contributed by atoms with Gasteiger partial charge in [0.25, 0.3) is 0 Å². The average Bonchev–Trinajstić information content (AvgIpc) is 2.78. The number of aliphatic hydroxyl groups is 1. The Morgan fingerprint density at radius 3 is 2.68 bits per heavy atom. The first kappa shape index (κ1) is 14.2. The molecule has 1 aromatic heterocycles. The van der Waals surface area contributed by atoms with Crippen LogP contribution in [-0.4, -0.2) is 57.6 Å². The van der Waals surface area contributed by atoms with E-state index in [4.69, 9.17) is 5.11 Å². The van der Waals surface area contributed by atoms with E-state index in [0.29, 0.717) is 25.5 Å². The van der Waals surface area contributed by atoms with E-state index in [2.05, 4.69) is 15.5 Å². The van der Waals surface area contributed by atoms with Gasteiger partial charge in [-0.25, -0.2) is 0 Å². The molecule has 0 aliphatic carbocycles. The van der Waals surface area contributed by atoms with Gasteiger partial charge >= 0.3 is 6.18 Å². The van der Waals surface area contributed by atoms with Gasteiger partial charge in [-0.2, -0.15) is 13.2 Å². The third-order valence-electron chi connectivity index (χ3n) is 3.19. The van der Waals surface area contributed by atoms with Gasteiger partial charge in [-0.15, -0.1) is 10.2 Å². The maximum absolute atomic E-state index is 12.6. The molecule has 0 saturated carbocycles. The van der Waals surface area contributed by atoms with E-state index in [1.807, 2.05) is 4.90 Å². The molecule has 1 unspecified atom stereocenters. The number of aliphatic hydroxyl groups excluding tert-OH is 1. The molecule has 2 heterocycles. The summed E-state index contributed by atoms with van der Waals surface area (Å²) in [6, 6.07) is -0.100. The molecule has 0 bridgehead atoms. The normalized spacial score (nSPS) is 18.4. The highest BCUT2D eigenvalue weighted by atomic mass is 19.4. The third-order valence-corrected chi connectivity index (χ3v) is 3.19. The Morgan fingerprint density at radius 1 is 1.37 bits per heavy atom. The fourth-order valence-corrected chi connectivity index (χ4v) is 2.13. The average molecular weight is 279 g/mol. The standard InChI is InChI=1S/C10H16F3N5O/c1-14-7(6-19)4-17-2-3-18-8(5-17)15-16-9(18)10(11,12)13/h7,14,19H,2-6H2,1H3. The van der Waals surface area contributed by atoms with E-state index in [9.17, 15) is 13.2 Å². The number of alkyl halides is 3. The van der Waals surface area contributed by atoms with E-state index in [1.54, 1.807) is 7.05 Å².